The fourth-order valence-electron chi connectivity index (χ4n) is 3.51. The molecule has 2 unspecified atom stereocenters. The number of hydrogen-bond acceptors (Lipinski definition) is 5. The minimum atomic E-state index is -1.28. The molecule has 148 valence electrons. The number of likely N-dealkylation sites (N-methyl/N-ethyl adjacent to an activating group) is 1. The number of carbonyl (C=O) groups is 3. The van der Waals surface area contributed by atoms with Crippen molar-refractivity contribution in [2.75, 3.05) is 14.1 Å². The van der Waals surface area contributed by atoms with E-state index < -0.39 is 11.3 Å². The number of amides is 3. The summed E-state index contributed by atoms with van der Waals surface area (Å²) in [6.07, 6.45) is -0.201. The van der Waals surface area contributed by atoms with E-state index in [0.29, 0.717) is 10.6 Å². The fourth-order valence-corrected chi connectivity index (χ4v) is 4.72. The van der Waals surface area contributed by atoms with Crippen LogP contribution in [0.4, 0.5) is 0 Å². The van der Waals surface area contributed by atoms with Crippen LogP contribution in [0.5, 0.6) is 0 Å². The predicted octanol–water partition coefficient (Wildman–Crippen LogP) is 3.34. The van der Waals surface area contributed by atoms with Crippen LogP contribution < -0.4 is 0 Å². The van der Waals surface area contributed by atoms with Gasteiger partial charge < -0.3 is 4.90 Å². The number of hydrogen-bond donors (Lipinski definition) is 0. The second-order valence-corrected chi connectivity index (χ2v) is 8.48. The first-order chi connectivity index (χ1) is 13.2. The lowest BCUT2D eigenvalue weighted by Gasteiger charge is -2.31. The van der Waals surface area contributed by atoms with Gasteiger partial charge in [-0.05, 0) is 25.5 Å². The Bertz CT molecular complexity index is 944. The van der Waals surface area contributed by atoms with E-state index in [4.69, 9.17) is 11.6 Å². The minimum absolute atomic E-state index is 0.0730. The summed E-state index contributed by atoms with van der Waals surface area (Å²) in [5.74, 6) is -0.953. The number of aryl methyl sites for hydroxylation is 1. The molecule has 1 aromatic carbocycles. The lowest BCUT2D eigenvalue weighted by atomic mass is 9.75. The Labute approximate surface area is 173 Å². The molecule has 28 heavy (non-hydrogen) atoms. The minimum Gasteiger partial charge on any atom is -0.337 e. The molecule has 2 aromatic rings. The van der Waals surface area contributed by atoms with Crippen molar-refractivity contribution in [3.63, 3.8) is 0 Å². The molecule has 0 saturated carbocycles. The zero-order valence-corrected chi connectivity index (χ0v) is 17.8. The molecule has 1 fully saturated rings. The molecule has 2 heterocycles. The third-order valence-electron chi connectivity index (χ3n) is 5.35. The number of thiazole rings is 1. The summed E-state index contributed by atoms with van der Waals surface area (Å²) in [5.41, 5.74) is 0.130. The van der Waals surface area contributed by atoms with Crippen molar-refractivity contribution in [1.29, 1.82) is 0 Å². The molecule has 0 aliphatic carbocycles. The monoisotopic (exact) mass is 419 g/mol. The molecule has 1 aliphatic rings. The van der Waals surface area contributed by atoms with Gasteiger partial charge in [0.1, 0.15) is 5.01 Å². The third-order valence-corrected chi connectivity index (χ3v) is 6.81. The van der Waals surface area contributed by atoms with E-state index in [1.165, 1.54) is 18.4 Å². The van der Waals surface area contributed by atoms with Gasteiger partial charge in [0, 0.05) is 43.0 Å². The molecule has 3 amide bonds. The molecular weight excluding hydrogens is 398 g/mol. The maximum Gasteiger partial charge on any atom is 0.240 e. The van der Waals surface area contributed by atoms with Gasteiger partial charge in [-0.1, -0.05) is 29.8 Å². The van der Waals surface area contributed by atoms with Crippen molar-refractivity contribution >= 4 is 40.7 Å². The van der Waals surface area contributed by atoms with E-state index in [9.17, 15) is 14.4 Å². The van der Waals surface area contributed by atoms with Crippen LogP contribution in [0.15, 0.2) is 29.6 Å². The lowest BCUT2D eigenvalue weighted by molar-refractivity contribution is -0.141. The second kappa shape index (κ2) is 7.64. The largest absolute Gasteiger partial charge is 0.337 e. The molecule has 6 nitrogen and oxygen atoms in total. The first kappa shape index (κ1) is 20.5. The highest BCUT2D eigenvalue weighted by atomic mass is 35.5. The zero-order valence-electron chi connectivity index (χ0n) is 16.2. The zero-order chi connectivity index (χ0) is 20.6. The smallest absolute Gasteiger partial charge is 0.240 e. The Morgan fingerprint density at radius 3 is 2.61 bits per heavy atom. The number of halogens is 1. The van der Waals surface area contributed by atoms with Gasteiger partial charge in [0.15, 0.2) is 0 Å². The maximum absolute atomic E-state index is 13.1. The van der Waals surface area contributed by atoms with E-state index in [0.717, 1.165) is 15.6 Å². The highest BCUT2D eigenvalue weighted by Gasteiger charge is 2.53. The van der Waals surface area contributed by atoms with Gasteiger partial charge >= 0.3 is 0 Å². The van der Waals surface area contributed by atoms with E-state index in [1.54, 1.807) is 36.2 Å². The Hall–Kier alpha value is -2.25. The summed E-state index contributed by atoms with van der Waals surface area (Å²) in [6.45, 7) is 3.80. The van der Waals surface area contributed by atoms with E-state index in [2.05, 4.69) is 4.98 Å². The summed E-state index contributed by atoms with van der Waals surface area (Å²) < 4.78 is 0. The van der Waals surface area contributed by atoms with Gasteiger partial charge in [0.2, 0.25) is 17.7 Å². The van der Waals surface area contributed by atoms with Gasteiger partial charge in [0.05, 0.1) is 11.5 Å². The molecule has 0 N–H and O–H groups in total. The molecule has 0 radical (unpaired) electrons. The first-order valence-corrected chi connectivity index (χ1v) is 10.2. The highest BCUT2D eigenvalue weighted by molar-refractivity contribution is 7.09. The second-order valence-electron chi connectivity index (χ2n) is 7.18. The number of carbonyl (C=O) groups excluding carboxylic acids is 3. The third kappa shape index (κ3) is 3.44. The molecule has 0 spiro atoms. The van der Waals surface area contributed by atoms with E-state index in [1.807, 2.05) is 19.2 Å². The van der Waals surface area contributed by atoms with Crippen LogP contribution in [-0.2, 0) is 19.8 Å². The summed E-state index contributed by atoms with van der Waals surface area (Å²) in [4.78, 5) is 45.6. The fraction of sp³-hybridized carbons (Fsp3) is 0.400. The Kier molecular flexibility index (Phi) is 5.59. The number of aromatic nitrogens is 1. The molecular formula is C20H22ClN3O3S. The van der Waals surface area contributed by atoms with Crippen LogP contribution in [0.2, 0.25) is 5.02 Å². The SMILES string of the molecule is Cc1csc(C(C)N(C)C(=O)CC2(c3ccccc3Cl)CC(=O)N(C)C2=O)n1. The van der Waals surface area contributed by atoms with Crippen molar-refractivity contribution in [2.24, 2.45) is 0 Å². The van der Waals surface area contributed by atoms with Gasteiger partial charge in [-0.3, -0.25) is 19.3 Å². The standard InChI is InChI=1S/C20H22ClN3O3S/c1-12-11-28-18(22-12)13(2)23(3)16(25)9-20(10-17(26)24(4)19(20)27)14-7-5-6-8-15(14)21/h5-8,11,13H,9-10H2,1-4H3. The van der Waals surface area contributed by atoms with Crippen molar-refractivity contribution in [1.82, 2.24) is 14.8 Å². The van der Waals surface area contributed by atoms with Crippen LogP contribution in [-0.4, -0.2) is 46.6 Å². The first-order valence-electron chi connectivity index (χ1n) is 8.91. The van der Waals surface area contributed by atoms with Gasteiger partial charge in [0.25, 0.3) is 0 Å². The predicted molar refractivity (Wildman–Crippen MR) is 108 cm³/mol. The summed E-state index contributed by atoms with van der Waals surface area (Å²) in [6, 6.07) is 6.66. The van der Waals surface area contributed by atoms with E-state index in [-0.39, 0.29) is 30.7 Å². The van der Waals surface area contributed by atoms with Gasteiger partial charge in [-0.2, -0.15) is 0 Å². The number of rotatable bonds is 5. The van der Waals surface area contributed by atoms with Crippen molar-refractivity contribution in [3.05, 3.63) is 50.9 Å². The topological polar surface area (TPSA) is 70.6 Å². The van der Waals surface area contributed by atoms with Gasteiger partial charge in [-0.25, -0.2) is 4.98 Å². The summed E-state index contributed by atoms with van der Waals surface area (Å²) >= 11 is 7.85. The molecule has 3 rings (SSSR count). The Balaban J connectivity index is 1.94. The Morgan fingerprint density at radius 1 is 1.39 bits per heavy atom. The highest BCUT2D eigenvalue weighted by Crippen LogP contribution is 2.43. The Morgan fingerprint density at radius 2 is 2.07 bits per heavy atom. The molecule has 2 atom stereocenters. The molecule has 1 aromatic heterocycles. The van der Waals surface area contributed by atoms with Crippen LogP contribution in [0.1, 0.15) is 42.1 Å². The number of likely N-dealkylation sites (tertiary alicyclic amines) is 1. The quantitative estimate of drug-likeness (QED) is 0.697. The van der Waals surface area contributed by atoms with E-state index >= 15 is 0 Å². The molecule has 0 bridgehead atoms. The molecule has 1 saturated heterocycles. The van der Waals surface area contributed by atoms with Crippen LogP contribution in [0.25, 0.3) is 0 Å². The average molecular weight is 420 g/mol. The van der Waals surface area contributed by atoms with Crippen molar-refractivity contribution in [3.8, 4) is 0 Å². The van der Waals surface area contributed by atoms with Crippen molar-refractivity contribution < 1.29 is 14.4 Å². The van der Waals surface area contributed by atoms with Crippen LogP contribution in [0.3, 0.4) is 0 Å². The lowest BCUT2D eigenvalue weighted by Crippen LogP contribution is -2.42. The van der Waals surface area contributed by atoms with Crippen LogP contribution in [0, 0.1) is 6.92 Å². The maximum atomic E-state index is 13.1. The van der Waals surface area contributed by atoms with Gasteiger partial charge in [-0.15, -0.1) is 11.3 Å². The normalized spacial score (nSPS) is 20.5. The molecule has 8 heteroatoms. The average Bonchev–Trinajstić information content (AvgIpc) is 3.19. The van der Waals surface area contributed by atoms with Crippen molar-refractivity contribution in [2.45, 2.75) is 38.1 Å². The summed E-state index contributed by atoms with van der Waals surface area (Å²) in [7, 11) is 3.13. The molecule has 1 aliphatic heterocycles. The number of imide groups is 1. The number of nitrogens with zero attached hydrogens (tertiary/aromatic N) is 3. The summed E-state index contributed by atoms with van der Waals surface area (Å²) in [5, 5.41) is 3.13. The van der Waals surface area contributed by atoms with Crippen LogP contribution >= 0.6 is 22.9 Å². The number of benzene rings is 1.